The Balaban J connectivity index is 3.07. The first-order valence-corrected chi connectivity index (χ1v) is 3.24. The van der Waals surface area contributed by atoms with Gasteiger partial charge in [-0.15, -0.1) is 0 Å². The first-order valence-electron chi connectivity index (χ1n) is 2.45. The number of nitrogens with one attached hydrogen (secondary N) is 1. The molecule has 0 saturated carbocycles. The summed E-state index contributed by atoms with van der Waals surface area (Å²) in [6, 6.07) is 3.61. The van der Waals surface area contributed by atoms with Gasteiger partial charge in [-0.3, -0.25) is 4.98 Å². The summed E-state index contributed by atoms with van der Waals surface area (Å²) in [6.45, 7) is 0. The van der Waals surface area contributed by atoms with Gasteiger partial charge in [-0.25, -0.2) is 0 Å². The maximum absolute atomic E-state index is 6.83. The van der Waals surface area contributed by atoms with Crippen LogP contribution in [-0.4, -0.2) is 11.2 Å². The van der Waals surface area contributed by atoms with Gasteiger partial charge in [-0.2, -0.15) is 0 Å². The highest BCUT2D eigenvalue weighted by atomic mass is 79.9. The van der Waals surface area contributed by atoms with Crippen molar-refractivity contribution in [1.29, 1.82) is 5.41 Å². The first-order chi connectivity index (χ1) is 4.33. The van der Waals surface area contributed by atoms with E-state index in [4.69, 9.17) is 5.41 Å². The zero-order valence-electron chi connectivity index (χ0n) is 4.63. The van der Waals surface area contributed by atoms with Gasteiger partial charge in [-0.05, 0) is 12.1 Å². The average molecular weight is 185 g/mol. The Bertz CT molecular complexity index is 222. The van der Waals surface area contributed by atoms with E-state index >= 15 is 0 Å². The van der Waals surface area contributed by atoms with Crippen molar-refractivity contribution in [1.82, 2.24) is 4.98 Å². The van der Waals surface area contributed by atoms with Crippen molar-refractivity contribution in [3.8, 4) is 0 Å². The zero-order valence-corrected chi connectivity index (χ0v) is 6.22. The van der Waals surface area contributed by atoms with Crippen LogP contribution in [0.3, 0.4) is 0 Å². The minimum atomic E-state index is 0.671. The molecule has 9 heavy (non-hydrogen) atoms. The van der Waals surface area contributed by atoms with Crippen LogP contribution >= 0.6 is 15.9 Å². The largest absolute Gasteiger partial charge is 0.307 e. The van der Waals surface area contributed by atoms with E-state index in [1.165, 1.54) is 6.21 Å². The van der Waals surface area contributed by atoms with Crippen molar-refractivity contribution in [2.24, 2.45) is 0 Å². The molecule has 0 bridgehead atoms. The molecule has 0 aliphatic heterocycles. The van der Waals surface area contributed by atoms with E-state index in [1.807, 2.05) is 6.07 Å². The molecule has 1 heterocycles. The average Bonchev–Trinajstić information content (AvgIpc) is 1.88. The Morgan fingerprint density at radius 1 is 1.67 bits per heavy atom. The third kappa shape index (κ3) is 1.61. The van der Waals surface area contributed by atoms with Gasteiger partial charge < -0.3 is 5.41 Å². The molecule has 3 heteroatoms. The van der Waals surface area contributed by atoms with E-state index in [1.54, 1.807) is 12.3 Å². The van der Waals surface area contributed by atoms with Gasteiger partial charge in [0.05, 0.1) is 5.69 Å². The van der Waals surface area contributed by atoms with Crippen LogP contribution in [0.25, 0.3) is 0 Å². The lowest BCUT2D eigenvalue weighted by atomic mass is 10.4. The number of halogens is 1. The maximum Gasteiger partial charge on any atom is 0.0816 e. The minimum Gasteiger partial charge on any atom is -0.307 e. The lowest BCUT2D eigenvalue weighted by Gasteiger charge is -1.89. The molecular formula is C6H5BrN2. The molecule has 0 aliphatic carbocycles. The van der Waals surface area contributed by atoms with Crippen LogP contribution in [0.1, 0.15) is 5.69 Å². The van der Waals surface area contributed by atoms with Crippen LogP contribution in [0.4, 0.5) is 0 Å². The van der Waals surface area contributed by atoms with Crippen LogP contribution in [0, 0.1) is 5.41 Å². The summed E-state index contributed by atoms with van der Waals surface area (Å²) in [6.07, 6.45) is 2.87. The second-order valence-electron chi connectivity index (χ2n) is 1.54. The molecule has 1 N–H and O–H groups in total. The summed E-state index contributed by atoms with van der Waals surface area (Å²) in [5.41, 5.74) is 0.671. The predicted molar refractivity (Wildman–Crippen MR) is 39.8 cm³/mol. The summed E-state index contributed by atoms with van der Waals surface area (Å²) in [5.74, 6) is 0. The summed E-state index contributed by atoms with van der Waals surface area (Å²) in [7, 11) is 0. The molecule has 0 spiro atoms. The fourth-order valence-corrected chi connectivity index (χ4v) is 0.853. The Morgan fingerprint density at radius 3 is 2.89 bits per heavy atom. The summed E-state index contributed by atoms with van der Waals surface area (Å²) in [4.78, 5) is 3.88. The molecule has 0 saturated heterocycles. The molecule has 0 unspecified atom stereocenters. The third-order valence-corrected chi connectivity index (χ3v) is 1.38. The van der Waals surface area contributed by atoms with Crippen LogP contribution in [0.2, 0.25) is 0 Å². The first kappa shape index (κ1) is 6.42. The van der Waals surface area contributed by atoms with Crippen molar-refractivity contribution in [2.75, 3.05) is 0 Å². The van der Waals surface area contributed by atoms with Crippen molar-refractivity contribution >= 4 is 22.1 Å². The second kappa shape index (κ2) is 2.73. The lowest BCUT2D eigenvalue weighted by molar-refractivity contribution is 1.28. The highest BCUT2D eigenvalue weighted by molar-refractivity contribution is 9.10. The van der Waals surface area contributed by atoms with Crippen molar-refractivity contribution in [3.63, 3.8) is 0 Å². The van der Waals surface area contributed by atoms with E-state index in [0.29, 0.717) is 5.69 Å². The van der Waals surface area contributed by atoms with Crippen molar-refractivity contribution < 1.29 is 0 Å². The Labute approximate surface area is 61.6 Å². The van der Waals surface area contributed by atoms with E-state index < -0.39 is 0 Å². The topological polar surface area (TPSA) is 36.7 Å². The van der Waals surface area contributed by atoms with Crippen LogP contribution in [0.15, 0.2) is 22.8 Å². The number of hydrogen-bond acceptors (Lipinski definition) is 2. The molecule has 0 atom stereocenters. The van der Waals surface area contributed by atoms with Crippen molar-refractivity contribution in [3.05, 3.63) is 28.5 Å². The third-order valence-electron chi connectivity index (χ3n) is 0.891. The molecule has 0 aromatic carbocycles. The van der Waals surface area contributed by atoms with Crippen LogP contribution in [0.5, 0.6) is 0 Å². The SMILES string of the molecule is N=Cc1cc(Br)ccn1. The number of aromatic nitrogens is 1. The smallest absolute Gasteiger partial charge is 0.0816 e. The molecule has 0 radical (unpaired) electrons. The monoisotopic (exact) mass is 184 g/mol. The standard InChI is InChI=1S/C6H5BrN2/c7-5-1-2-9-6(3-5)4-8/h1-4,8H. The van der Waals surface area contributed by atoms with Gasteiger partial charge in [0.2, 0.25) is 0 Å². The van der Waals surface area contributed by atoms with Crippen molar-refractivity contribution in [2.45, 2.75) is 0 Å². The lowest BCUT2D eigenvalue weighted by Crippen LogP contribution is -1.82. The minimum absolute atomic E-state index is 0.671. The fraction of sp³-hybridized carbons (Fsp3) is 0. The molecule has 2 nitrogen and oxygen atoms in total. The van der Waals surface area contributed by atoms with Gasteiger partial charge in [-0.1, -0.05) is 15.9 Å². The van der Waals surface area contributed by atoms with Gasteiger partial charge in [0.25, 0.3) is 0 Å². The molecule has 0 fully saturated rings. The zero-order chi connectivity index (χ0) is 6.69. The Morgan fingerprint density at radius 2 is 2.44 bits per heavy atom. The van der Waals surface area contributed by atoms with Gasteiger partial charge in [0, 0.05) is 16.9 Å². The number of nitrogens with zero attached hydrogens (tertiary/aromatic N) is 1. The fourth-order valence-electron chi connectivity index (χ4n) is 0.500. The molecule has 1 rings (SSSR count). The summed E-state index contributed by atoms with van der Waals surface area (Å²) in [5, 5.41) is 6.83. The maximum atomic E-state index is 6.83. The number of hydrogen-bond donors (Lipinski definition) is 1. The molecule has 1 aromatic heterocycles. The second-order valence-corrected chi connectivity index (χ2v) is 2.46. The highest BCUT2D eigenvalue weighted by Gasteiger charge is 1.87. The van der Waals surface area contributed by atoms with Crippen LogP contribution in [-0.2, 0) is 0 Å². The van der Waals surface area contributed by atoms with E-state index in [-0.39, 0.29) is 0 Å². The number of pyridine rings is 1. The predicted octanol–water partition coefficient (Wildman–Crippen LogP) is 1.84. The Kier molecular flexibility index (Phi) is 1.95. The van der Waals surface area contributed by atoms with Gasteiger partial charge >= 0.3 is 0 Å². The Hall–Kier alpha value is -0.700. The summed E-state index contributed by atoms with van der Waals surface area (Å²) >= 11 is 3.26. The normalized spacial score (nSPS) is 9.00. The molecule has 0 aliphatic rings. The van der Waals surface area contributed by atoms with E-state index in [9.17, 15) is 0 Å². The van der Waals surface area contributed by atoms with E-state index in [2.05, 4.69) is 20.9 Å². The highest BCUT2D eigenvalue weighted by Crippen LogP contribution is 2.06. The molecule has 0 amide bonds. The van der Waals surface area contributed by atoms with Crippen LogP contribution < -0.4 is 0 Å². The molecule has 46 valence electrons. The molecular weight excluding hydrogens is 180 g/mol. The summed E-state index contributed by atoms with van der Waals surface area (Å²) < 4.78 is 0.955. The van der Waals surface area contributed by atoms with E-state index in [0.717, 1.165) is 4.47 Å². The quantitative estimate of drug-likeness (QED) is 0.665. The molecule has 1 aromatic rings. The number of rotatable bonds is 1. The van der Waals surface area contributed by atoms with Gasteiger partial charge in [0.15, 0.2) is 0 Å². The van der Waals surface area contributed by atoms with Gasteiger partial charge in [0.1, 0.15) is 0 Å².